The van der Waals surface area contributed by atoms with Crippen molar-refractivity contribution in [3.8, 4) is 0 Å². The minimum atomic E-state index is -1.68. The fourth-order valence-electron chi connectivity index (χ4n) is 3.56. The van der Waals surface area contributed by atoms with E-state index in [9.17, 15) is 19.5 Å². The second-order valence-electron chi connectivity index (χ2n) is 6.87. The van der Waals surface area contributed by atoms with Gasteiger partial charge >= 0.3 is 11.9 Å². The van der Waals surface area contributed by atoms with E-state index in [2.05, 4.69) is 29.1 Å². The molecule has 1 saturated carbocycles. The van der Waals surface area contributed by atoms with Crippen LogP contribution in [0, 0.1) is 11.8 Å². The summed E-state index contributed by atoms with van der Waals surface area (Å²) in [5.41, 5.74) is -1.12. The molecule has 6 nitrogen and oxygen atoms in total. The van der Waals surface area contributed by atoms with Crippen molar-refractivity contribution in [1.82, 2.24) is 0 Å². The predicted octanol–water partition coefficient (Wildman–Crippen LogP) is 2.95. The van der Waals surface area contributed by atoms with Crippen LogP contribution in [0.2, 0.25) is 0 Å². The number of ketones is 1. The maximum atomic E-state index is 12.8. The third-order valence-corrected chi connectivity index (χ3v) is 5.25. The zero-order valence-electron chi connectivity index (χ0n) is 15.6. The van der Waals surface area contributed by atoms with Crippen LogP contribution < -0.4 is 0 Å². The predicted molar refractivity (Wildman–Crippen MR) is 106 cm³/mol. The minimum Gasteiger partial charge on any atom is -0.461 e. The molecule has 2 rings (SSSR count). The van der Waals surface area contributed by atoms with Gasteiger partial charge in [-0.15, -0.1) is 0 Å². The van der Waals surface area contributed by atoms with Gasteiger partial charge in [0.1, 0.15) is 19.1 Å². The lowest BCUT2D eigenvalue weighted by Gasteiger charge is -2.43. The molecule has 1 N–H and O–H groups in total. The number of esters is 2. The Hall–Kier alpha value is -2.25. The van der Waals surface area contributed by atoms with Crippen LogP contribution in [-0.2, 0) is 23.9 Å². The van der Waals surface area contributed by atoms with E-state index in [1.165, 1.54) is 19.1 Å². The highest BCUT2D eigenvalue weighted by Gasteiger charge is 2.57. The summed E-state index contributed by atoms with van der Waals surface area (Å²) < 4.78 is 11.1. The highest BCUT2D eigenvalue weighted by Crippen LogP contribution is 2.46. The number of ether oxygens (including phenoxy) is 2. The molecule has 0 bridgehead atoms. The Labute approximate surface area is 172 Å². The quantitative estimate of drug-likeness (QED) is 0.390. The van der Waals surface area contributed by atoms with E-state index in [1.807, 2.05) is 0 Å². The number of benzene rings is 1. The van der Waals surface area contributed by atoms with Gasteiger partial charge in [0.2, 0.25) is 0 Å². The lowest BCUT2D eigenvalue weighted by atomic mass is 9.62. The third-order valence-electron chi connectivity index (χ3n) is 4.72. The summed E-state index contributed by atoms with van der Waals surface area (Å²) in [7, 11) is 0. The molecule has 1 aliphatic rings. The smallest absolute Gasteiger partial charge is 0.317 e. The van der Waals surface area contributed by atoms with Crippen molar-refractivity contribution in [3.63, 3.8) is 0 Å². The zero-order chi connectivity index (χ0) is 20.9. The van der Waals surface area contributed by atoms with Crippen molar-refractivity contribution >= 4 is 33.7 Å². The van der Waals surface area contributed by atoms with Crippen molar-refractivity contribution in [2.24, 2.45) is 11.8 Å². The van der Waals surface area contributed by atoms with E-state index in [0.717, 1.165) is 4.47 Å². The minimum absolute atomic E-state index is 0.0437. The third kappa shape index (κ3) is 4.77. The Morgan fingerprint density at radius 2 is 1.71 bits per heavy atom. The summed E-state index contributed by atoms with van der Waals surface area (Å²) in [5.74, 6) is -5.24. The first-order valence-corrected chi connectivity index (χ1v) is 9.58. The van der Waals surface area contributed by atoms with Gasteiger partial charge in [-0.3, -0.25) is 14.4 Å². The molecule has 7 heteroatoms. The standard InChI is InChI=1S/C21H23BrO6/c1-4-10-27-19(24)17-15(23)12-21(3,26)18(20(25)28-11-5-2)16(17)13-6-8-14(22)9-7-13/h4-9,16-18,26H,1-2,10-12H2,3H3/t16-,17-,18-,21+/m1/s1. The monoisotopic (exact) mass is 450 g/mol. The summed E-state index contributed by atoms with van der Waals surface area (Å²) in [5, 5.41) is 10.9. The van der Waals surface area contributed by atoms with E-state index >= 15 is 0 Å². The number of halogens is 1. The van der Waals surface area contributed by atoms with E-state index < -0.39 is 41.1 Å². The van der Waals surface area contributed by atoms with Crippen molar-refractivity contribution in [1.29, 1.82) is 0 Å². The van der Waals surface area contributed by atoms with E-state index in [4.69, 9.17) is 9.47 Å². The fourth-order valence-corrected chi connectivity index (χ4v) is 3.83. The van der Waals surface area contributed by atoms with Gasteiger partial charge in [-0.05, 0) is 24.6 Å². The number of carbonyl (C=O) groups excluding carboxylic acids is 3. The summed E-state index contributed by atoms with van der Waals surface area (Å²) >= 11 is 3.34. The molecule has 1 aromatic carbocycles. The molecule has 1 aliphatic carbocycles. The second-order valence-corrected chi connectivity index (χ2v) is 7.79. The van der Waals surface area contributed by atoms with Crippen LogP contribution in [0.5, 0.6) is 0 Å². The summed E-state index contributed by atoms with van der Waals surface area (Å²) in [6.45, 7) is 8.30. The van der Waals surface area contributed by atoms with Crippen LogP contribution in [0.4, 0.5) is 0 Å². The highest BCUT2D eigenvalue weighted by molar-refractivity contribution is 9.10. The van der Waals surface area contributed by atoms with Crippen molar-refractivity contribution in [3.05, 3.63) is 59.6 Å². The molecule has 150 valence electrons. The Balaban J connectivity index is 2.56. The first-order chi connectivity index (χ1) is 13.2. The van der Waals surface area contributed by atoms with E-state index in [-0.39, 0.29) is 19.6 Å². The van der Waals surface area contributed by atoms with Crippen molar-refractivity contribution in [2.45, 2.75) is 24.9 Å². The molecule has 0 unspecified atom stereocenters. The molecule has 0 amide bonds. The molecule has 1 aromatic rings. The van der Waals surface area contributed by atoms with Crippen LogP contribution >= 0.6 is 15.9 Å². The molecular weight excluding hydrogens is 428 g/mol. The van der Waals surface area contributed by atoms with Gasteiger partial charge < -0.3 is 14.6 Å². The van der Waals surface area contributed by atoms with Gasteiger partial charge in [0.05, 0.1) is 11.5 Å². The Morgan fingerprint density at radius 3 is 2.25 bits per heavy atom. The van der Waals surface area contributed by atoms with Crippen LogP contribution in [0.15, 0.2) is 54.0 Å². The lowest BCUT2D eigenvalue weighted by Crippen LogP contribution is -2.55. The molecule has 28 heavy (non-hydrogen) atoms. The van der Waals surface area contributed by atoms with E-state index in [1.54, 1.807) is 24.3 Å². The Kier molecular flexibility index (Phi) is 7.32. The first kappa shape index (κ1) is 22.0. The number of rotatable bonds is 7. The molecule has 0 heterocycles. The maximum Gasteiger partial charge on any atom is 0.317 e. The van der Waals surface area contributed by atoms with Crippen LogP contribution in [0.25, 0.3) is 0 Å². The van der Waals surface area contributed by atoms with Crippen LogP contribution in [0.1, 0.15) is 24.8 Å². The SMILES string of the molecule is C=CCOC(=O)[C@@H]1C(=O)C[C@](C)(O)[C@@H](C(=O)OCC=C)[C@@H]1c1ccc(Br)cc1. The van der Waals surface area contributed by atoms with Gasteiger partial charge in [0.15, 0.2) is 5.78 Å². The highest BCUT2D eigenvalue weighted by atomic mass is 79.9. The van der Waals surface area contributed by atoms with Gasteiger partial charge in [-0.1, -0.05) is 53.4 Å². The Bertz CT molecular complexity index is 768. The summed E-state index contributed by atoms with van der Waals surface area (Å²) in [6, 6.07) is 6.87. The van der Waals surface area contributed by atoms with Crippen molar-refractivity contribution in [2.75, 3.05) is 13.2 Å². The number of aliphatic hydroxyl groups is 1. The molecule has 0 spiro atoms. The average Bonchev–Trinajstić information content (AvgIpc) is 2.63. The summed E-state index contributed by atoms with van der Waals surface area (Å²) in [4.78, 5) is 38.2. The summed E-state index contributed by atoms with van der Waals surface area (Å²) in [6.07, 6.45) is 2.44. The van der Waals surface area contributed by atoms with Gasteiger partial charge in [0, 0.05) is 16.8 Å². The van der Waals surface area contributed by atoms with Gasteiger partial charge in [-0.25, -0.2) is 0 Å². The normalized spacial score (nSPS) is 27.0. The molecule has 4 atom stereocenters. The number of carbonyl (C=O) groups is 3. The van der Waals surface area contributed by atoms with Crippen LogP contribution in [0.3, 0.4) is 0 Å². The largest absolute Gasteiger partial charge is 0.461 e. The van der Waals surface area contributed by atoms with Gasteiger partial charge in [0.25, 0.3) is 0 Å². The zero-order valence-corrected chi connectivity index (χ0v) is 17.2. The molecule has 0 aliphatic heterocycles. The molecule has 0 radical (unpaired) electrons. The van der Waals surface area contributed by atoms with Gasteiger partial charge in [-0.2, -0.15) is 0 Å². The maximum absolute atomic E-state index is 12.8. The number of hydrogen-bond acceptors (Lipinski definition) is 6. The topological polar surface area (TPSA) is 89.9 Å². The van der Waals surface area contributed by atoms with Crippen LogP contribution in [-0.4, -0.2) is 41.6 Å². The molecule has 0 aromatic heterocycles. The van der Waals surface area contributed by atoms with E-state index in [0.29, 0.717) is 5.56 Å². The Morgan fingerprint density at radius 1 is 1.18 bits per heavy atom. The average molecular weight is 451 g/mol. The first-order valence-electron chi connectivity index (χ1n) is 8.78. The number of Topliss-reactive ketones (excluding diaryl/α,β-unsaturated/α-hetero) is 1. The second kappa shape index (κ2) is 9.30. The lowest BCUT2D eigenvalue weighted by molar-refractivity contribution is -0.171. The van der Waals surface area contributed by atoms with Crippen molar-refractivity contribution < 1.29 is 29.0 Å². The fraction of sp³-hybridized carbons (Fsp3) is 0.381. The molecule has 0 saturated heterocycles. The molecule has 1 fully saturated rings. The molecular formula is C21H23BrO6. The number of hydrogen-bond donors (Lipinski definition) is 1.